The number of likely N-dealkylation sites (N-methyl/N-ethyl adjacent to an activating group) is 1. The third-order valence-corrected chi connectivity index (χ3v) is 8.40. The maximum atomic E-state index is 13.6. The molecule has 0 atom stereocenters. The molecule has 2 aliphatic rings. The van der Waals surface area contributed by atoms with Gasteiger partial charge in [0.1, 0.15) is 5.82 Å². The van der Waals surface area contributed by atoms with Gasteiger partial charge >= 0.3 is 12.2 Å². The summed E-state index contributed by atoms with van der Waals surface area (Å²) in [7, 11) is 3.77. The number of alkyl halides is 3. The normalized spacial score (nSPS) is 15.8. The van der Waals surface area contributed by atoms with Crippen molar-refractivity contribution in [1.29, 1.82) is 0 Å². The molecule has 1 fully saturated rings. The fourth-order valence-corrected chi connectivity index (χ4v) is 5.72. The summed E-state index contributed by atoms with van der Waals surface area (Å²) in [6.07, 6.45) is -2.89. The van der Waals surface area contributed by atoms with E-state index in [-0.39, 0.29) is 18.1 Å². The molecule has 0 saturated carbocycles. The number of aryl methyl sites for hydroxylation is 1. The zero-order valence-electron chi connectivity index (χ0n) is 26.3. The molecule has 0 unspecified atom stereocenters. The van der Waals surface area contributed by atoms with Gasteiger partial charge in [-0.2, -0.15) is 18.2 Å². The van der Waals surface area contributed by atoms with Crippen LogP contribution in [0.3, 0.4) is 0 Å². The van der Waals surface area contributed by atoms with Crippen LogP contribution in [0.5, 0.6) is 0 Å². The average Bonchev–Trinajstić information content (AvgIpc) is 3.05. The fourth-order valence-electron chi connectivity index (χ4n) is 5.72. The lowest BCUT2D eigenvalue weighted by molar-refractivity contribution is -0.137. The largest absolute Gasteiger partial charge is 0.416 e. The number of carbonyl (C=O) groups excluding carboxylic acids is 2. The Hall–Kier alpha value is -5.01. The molecule has 10 nitrogen and oxygen atoms in total. The molecule has 47 heavy (non-hydrogen) atoms. The van der Waals surface area contributed by atoms with Gasteiger partial charge in [0, 0.05) is 68.5 Å². The molecule has 0 radical (unpaired) electrons. The minimum atomic E-state index is -4.57. The molecule has 3 aromatic carbocycles. The minimum Gasteiger partial charge on any atom is -0.324 e. The highest BCUT2D eigenvalue weighted by Crippen LogP contribution is 2.34. The maximum Gasteiger partial charge on any atom is 0.416 e. The first kappa shape index (κ1) is 32.0. The van der Waals surface area contributed by atoms with Gasteiger partial charge in [-0.05, 0) is 67.6 Å². The van der Waals surface area contributed by atoms with Crippen LogP contribution in [-0.4, -0.2) is 72.0 Å². The number of hydrogen-bond donors (Lipinski definition) is 2. The van der Waals surface area contributed by atoms with E-state index in [1.54, 1.807) is 36.3 Å². The summed E-state index contributed by atoms with van der Waals surface area (Å²) in [4.78, 5) is 43.4. The Balaban J connectivity index is 1.16. The zero-order chi connectivity index (χ0) is 33.3. The van der Waals surface area contributed by atoms with Crippen molar-refractivity contribution < 1.29 is 22.8 Å². The summed E-state index contributed by atoms with van der Waals surface area (Å²) in [5.74, 6) is 0.143. The topological polar surface area (TPSA) is 96.9 Å². The van der Waals surface area contributed by atoms with Gasteiger partial charge in [-0.15, -0.1) is 0 Å². The quantitative estimate of drug-likeness (QED) is 0.250. The van der Waals surface area contributed by atoms with Crippen LogP contribution < -0.4 is 20.4 Å². The Bertz CT molecular complexity index is 1810. The zero-order valence-corrected chi connectivity index (χ0v) is 26.3. The highest BCUT2D eigenvalue weighted by Gasteiger charge is 2.33. The summed E-state index contributed by atoms with van der Waals surface area (Å²) < 4.78 is 39.5. The summed E-state index contributed by atoms with van der Waals surface area (Å²) in [5.41, 5.74) is 3.35. The molecule has 1 aromatic heterocycles. The van der Waals surface area contributed by atoms with E-state index >= 15 is 0 Å². The minimum absolute atomic E-state index is 0.132. The summed E-state index contributed by atoms with van der Waals surface area (Å²) in [6, 6.07) is 17.0. The summed E-state index contributed by atoms with van der Waals surface area (Å²) in [5, 5.41) is 5.93. The van der Waals surface area contributed by atoms with Gasteiger partial charge in [-0.25, -0.2) is 9.78 Å². The number of urea groups is 1. The van der Waals surface area contributed by atoms with Gasteiger partial charge in [0.25, 0.3) is 5.91 Å². The molecule has 0 aliphatic carbocycles. The van der Waals surface area contributed by atoms with Crippen LogP contribution in [0.25, 0.3) is 0 Å². The number of nitrogens with one attached hydrogen (secondary N) is 2. The molecule has 2 aliphatic heterocycles. The smallest absolute Gasteiger partial charge is 0.324 e. The van der Waals surface area contributed by atoms with E-state index < -0.39 is 17.6 Å². The number of aromatic nitrogens is 2. The third-order valence-electron chi connectivity index (χ3n) is 8.40. The van der Waals surface area contributed by atoms with Gasteiger partial charge in [0.05, 0.1) is 17.8 Å². The second-order valence-corrected chi connectivity index (χ2v) is 11.9. The average molecular weight is 645 g/mol. The number of anilines is 5. The van der Waals surface area contributed by atoms with Crippen LogP contribution >= 0.6 is 0 Å². The van der Waals surface area contributed by atoms with Crippen LogP contribution in [0.4, 0.5) is 46.8 Å². The number of carbonyl (C=O) groups is 2. The SMILES string of the molecule is Cc1ccc(NC(=O)c2cccc(C(F)(F)F)c2)cc1N1Cc2cnc(Nc3cccc(CN4CCN(C)CC4)c3)nc2N(C)C1=O. The number of halogens is 3. The predicted molar refractivity (Wildman–Crippen MR) is 175 cm³/mol. The molecule has 1 saturated heterocycles. The van der Waals surface area contributed by atoms with Crippen LogP contribution in [0, 0.1) is 6.92 Å². The van der Waals surface area contributed by atoms with E-state index in [4.69, 9.17) is 0 Å². The van der Waals surface area contributed by atoms with E-state index in [2.05, 4.69) is 49.6 Å². The second-order valence-electron chi connectivity index (χ2n) is 11.9. The van der Waals surface area contributed by atoms with Crippen molar-refractivity contribution in [2.45, 2.75) is 26.2 Å². The maximum absolute atomic E-state index is 13.6. The number of hydrogen-bond acceptors (Lipinski definition) is 7. The van der Waals surface area contributed by atoms with Crippen molar-refractivity contribution in [3.05, 3.63) is 101 Å². The van der Waals surface area contributed by atoms with E-state index in [1.807, 2.05) is 19.1 Å². The van der Waals surface area contributed by atoms with Gasteiger partial charge in [0.15, 0.2) is 0 Å². The molecular formula is C34H35F3N8O2. The van der Waals surface area contributed by atoms with Crippen molar-refractivity contribution in [3.8, 4) is 0 Å². The Morgan fingerprint density at radius 3 is 2.47 bits per heavy atom. The summed E-state index contributed by atoms with van der Waals surface area (Å²) in [6.45, 7) is 7.03. The van der Waals surface area contributed by atoms with E-state index in [0.717, 1.165) is 61.7 Å². The van der Waals surface area contributed by atoms with Gasteiger partial charge < -0.3 is 15.5 Å². The number of benzene rings is 3. The molecule has 2 N–H and O–H groups in total. The Morgan fingerprint density at radius 1 is 0.936 bits per heavy atom. The Morgan fingerprint density at radius 2 is 1.70 bits per heavy atom. The molecule has 0 bridgehead atoms. The summed E-state index contributed by atoms with van der Waals surface area (Å²) >= 11 is 0. The lowest BCUT2D eigenvalue weighted by Crippen LogP contribution is -2.46. The first-order valence-corrected chi connectivity index (χ1v) is 15.2. The molecule has 6 rings (SSSR count). The molecule has 244 valence electrons. The number of fused-ring (bicyclic) bond motifs is 1. The molecule has 3 amide bonds. The molecule has 13 heteroatoms. The second kappa shape index (κ2) is 13.0. The van der Waals surface area contributed by atoms with E-state index in [0.29, 0.717) is 23.1 Å². The number of amides is 3. The van der Waals surface area contributed by atoms with Crippen molar-refractivity contribution in [3.63, 3.8) is 0 Å². The van der Waals surface area contributed by atoms with Crippen LogP contribution in [0.15, 0.2) is 72.9 Å². The van der Waals surface area contributed by atoms with Crippen LogP contribution in [0.2, 0.25) is 0 Å². The number of nitrogens with zero attached hydrogens (tertiary/aromatic N) is 6. The van der Waals surface area contributed by atoms with Crippen molar-refractivity contribution in [2.75, 3.05) is 60.7 Å². The van der Waals surface area contributed by atoms with E-state index in [9.17, 15) is 22.8 Å². The van der Waals surface area contributed by atoms with Crippen LogP contribution in [-0.2, 0) is 19.3 Å². The lowest BCUT2D eigenvalue weighted by Gasteiger charge is -2.35. The standard InChI is InChI=1S/C34H35F3N8O2/c1-22-10-11-28(39-31(46)24-7-5-8-26(17-24)34(35,36)37)18-29(22)45-21-25-19-38-32(41-30(25)43(3)33(45)47)40-27-9-4-6-23(16-27)20-44-14-12-42(2)13-15-44/h4-11,16-19H,12-15,20-21H2,1-3H3,(H,39,46)(H,38,40,41). The first-order valence-electron chi connectivity index (χ1n) is 15.2. The third kappa shape index (κ3) is 7.21. The molecule has 3 heterocycles. The van der Waals surface area contributed by atoms with E-state index in [1.165, 1.54) is 22.6 Å². The number of piperazine rings is 1. The highest BCUT2D eigenvalue weighted by atomic mass is 19.4. The monoisotopic (exact) mass is 644 g/mol. The Labute approximate surface area is 270 Å². The number of rotatable bonds is 7. The van der Waals surface area contributed by atoms with Crippen molar-refractivity contribution >= 4 is 40.8 Å². The molecule has 4 aromatic rings. The van der Waals surface area contributed by atoms with Gasteiger partial charge in [0.2, 0.25) is 5.95 Å². The van der Waals surface area contributed by atoms with Gasteiger partial charge in [-0.3, -0.25) is 19.5 Å². The Kier molecular flexibility index (Phi) is 8.84. The molecular weight excluding hydrogens is 609 g/mol. The van der Waals surface area contributed by atoms with Gasteiger partial charge in [-0.1, -0.05) is 24.3 Å². The first-order chi connectivity index (χ1) is 22.4. The highest BCUT2D eigenvalue weighted by molar-refractivity contribution is 6.07. The molecule has 0 spiro atoms. The predicted octanol–water partition coefficient (Wildman–Crippen LogP) is 6.12. The fraction of sp³-hybridized carbons (Fsp3) is 0.294. The van der Waals surface area contributed by atoms with Crippen LogP contribution in [0.1, 0.15) is 32.6 Å². The van der Waals surface area contributed by atoms with Crippen molar-refractivity contribution in [2.24, 2.45) is 0 Å². The van der Waals surface area contributed by atoms with Crippen molar-refractivity contribution in [1.82, 2.24) is 19.8 Å². The lowest BCUT2D eigenvalue weighted by atomic mass is 10.1.